The van der Waals surface area contributed by atoms with E-state index in [1.807, 2.05) is 0 Å². The molecular formula is C44H47N3OTi. The Labute approximate surface area is 298 Å². The van der Waals surface area contributed by atoms with Crippen molar-refractivity contribution < 1.29 is 21.1 Å². The Morgan fingerprint density at radius 1 is 0.429 bits per heavy atom. The van der Waals surface area contributed by atoms with Gasteiger partial charge >= 0.3 is 299 Å². The second-order valence-corrected chi connectivity index (χ2v) is 16.7. The first kappa shape index (κ1) is 34.3. The van der Waals surface area contributed by atoms with Crippen molar-refractivity contribution in [3.63, 3.8) is 0 Å². The Morgan fingerprint density at radius 2 is 0.694 bits per heavy atom. The molecule has 0 fully saturated rings. The van der Waals surface area contributed by atoms with Gasteiger partial charge in [-0.05, 0) is 0 Å². The van der Waals surface area contributed by atoms with Crippen molar-refractivity contribution >= 4 is 34.1 Å². The van der Waals surface area contributed by atoms with E-state index < -0.39 is 17.7 Å². The van der Waals surface area contributed by atoms with Crippen molar-refractivity contribution in [3.05, 3.63) is 182 Å². The molecule has 49 heavy (non-hydrogen) atoms. The molecule has 0 saturated carbocycles. The zero-order valence-electron chi connectivity index (χ0n) is 28.7. The second-order valence-electron chi connectivity index (χ2n) is 12.3. The molecule has 4 nitrogen and oxygen atoms in total. The molecule has 0 spiro atoms. The van der Waals surface area contributed by atoms with E-state index >= 15 is 0 Å². The first-order chi connectivity index (χ1) is 24.3. The van der Waals surface area contributed by atoms with Gasteiger partial charge in [-0.2, -0.15) is 0 Å². The summed E-state index contributed by atoms with van der Waals surface area (Å²) in [4.78, 5) is 0. The molecule has 0 radical (unpaired) electrons. The number of anilines is 6. The van der Waals surface area contributed by atoms with E-state index in [-0.39, 0.29) is 0 Å². The van der Waals surface area contributed by atoms with Crippen LogP contribution >= 0.6 is 0 Å². The molecule has 0 heterocycles. The third-order valence-electron chi connectivity index (χ3n) is 9.02. The van der Waals surface area contributed by atoms with E-state index in [9.17, 15) is 0 Å². The molecule has 0 amide bonds. The molecule has 6 rings (SSSR count). The van der Waals surface area contributed by atoms with Crippen LogP contribution in [0.1, 0.15) is 39.5 Å². The van der Waals surface area contributed by atoms with Crippen LogP contribution in [0.4, 0.5) is 34.1 Å². The van der Waals surface area contributed by atoms with Gasteiger partial charge in [0, 0.05) is 0 Å². The van der Waals surface area contributed by atoms with Crippen LogP contribution in [0.5, 0.6) is 0 Å². The molecule has 6 aromatic carbocycles. The van der Waals surface area contributed by atoms with E-state index in [0.717, 1.165) is 47.0 Å². The fourth-order valence-electron chi connectivity index (χ4n) is 6.54. The maximum atomic E-state index is 8.06. The molecular weight excluding hydrogens is 634 g/mol. The third-order valence-corrected chi connectivity index (χ3v) is 15.0. The van der Waals surface area contributed by atoms with Crippen molar-refractivity contribution in [2.24, 2.45) is 5.92 Å². The Bertz CT molecular complexity index is 1470. The van der Waals surface area contributed by atoms with Gasteiger partial charge in [-0.15, -0.1) is 0 Å². The van der Waals surface area contributed by atoms with Crippen molar-refractivity contribution in [1.29, 1.82) is 0 Å². The number of nitrogens with zero attached hydrogens (tertiary/aromatic N) is 3. The summed E-state index contributed by atoms with van der Waals surface area (Å²) in [6, 6.07) is 65.0. The minimum absolute atomic E-state index is 0.417. The van der Waals surface area contributed by atoms with E-state index in [1.54, 1.807) is 0 Å². The summed E-state index contributed by atoms with van der Waals surface area (Å²) >= 11 is -4.60. The Morgan fingerprint density at radius 3 is 0.918 bits per heavy atom. The Kier molecular flexibility index (Phi) is 12.0. The van der Waals surface area contributed by atoms with E-state index in [1.165, 1.54) is 12.8 Å². The number of hydrogen-bond donors (Lipinski definition) is 0. The SMILES string of the molecule is CCCCC(CC)C[O][Ti]([N](c1ccccc1)c1ccccc1)([N](c1ccccc1)c1ccccc1)[N](c1ccccc1)c1ccccc1. The number of unbranched alkanes of at least 4 members (excludes halogenated alkanes) is 1. The number of rotatable bonds is 16. The summed E-state index contributed by atoms with van der Waals surface area (Å²) in [6.07, 6.45) is 4.55. The van der Waals surface area contributed by atoms with Crippen LogP contribution in [-0.4, -0.2) is 6.61 Å². The summed E-state index contributed by atoms with van der Waals surface area (Å²) in [5.41, 5.74) is 6.52. The third kappa shape index (κ3) is 7.84. The molecule has 0 aliphatic rings. The normalized spacial score (nSPS) is 11.9. The van der Waals surface area contributed by atoms with Crippen LogP contribution < -0.4 is 10.1 Å². The van der Waals surface area contributed by atoms with Crippen LogP contribution in [0.3, 0.4) is 0 Å². The van der Waals surface area contributed by atoms with Gasteiger partial charge in [0.2, 0.25) is 0 Å². The van der Waals surface area contributed by atoms with Crippen molar-refractivity contribution in [2.75, 3.05) is 16.8 Å². The molecule has 5 heteroatoms. The molecule has 0 N–H and O–H groups in total. The summed E-state index contributed by atoms with van der Waals surface area (Å²) < 4.78 is 15.7. The summed E-state index contributed by atoms with van der Waals surface area (Å²) in [6.45, 7) is 5.23. The molecule has 1 atom stereocenters. The molecule has 0 aliphatic heterocycles. The quantitative estimate of drug-likeness (QED) is 0.0947. The van der Waals surface area contributed by atoms with Crippen LogP contribution in [0.25, 0.3) is 0 Å². The second kappa shape index (κ2) is 17.2. The van der Waals surface area contributed by atoms with Crippen molar-refractivity contribution in [1.82, 2.24) is 0 Å². The first-order valence-electron chi connectivity index (χ1n) is 17.6. The summed E-state index contributed by atoms with van der Waals surface area (Å²) in [5.74, 6) is 0.417. The fourth-order valence-corrected chi connectivity index (χ4v) is 13.3. The van der Waals surface area contributed by atoms with Gasteiger partial charge in [-0.25, -0.2) is 0 Å². The van der Waals surface area contributed by atoms with Gasteiger partial charge in [0.05, 0.1) is 0 Å². The number of para-hydroxylation sites is 6. The monoisotopic (exact) mass is 681 g/mol. The molecule has 6 aromatic rings. The van der Waals surface area contributed by atoms with Gasteiger partial charge < -0.3 is 0 Å². The summed E-state index contributed by atoms with van der Waals surface area (Å²) in [7, 11) is 0. The van der Waals surface area contributed by atoms with Crippen molar-refractivity contribution in [2.45, 2.75) is 39.5 Å². The standard InChI is InChI=1S/3C12H10N.C8H17O.Ti/c3*1-3-7-11(8-4-1)13-12-9-5-2-6-10-12;1-3-5-6-8(4-2)7-9;/h3*1-10H;8H,3-7H2,1-2H3;/q4*-1;+4. The molecule has 0 bridgehead atoms. The van der Waals surface area contributed by atoms with Crippen LogP contribution in [-0.2, 0) is 21.1 Å². The number of benzene rings is 6. The molecule has 0 aromatic heterocycles. The van der Waals surface area contributed by atoms with Crippen molar-refractivity contribution in [3.8, 4) is 0 Å². The van der Waals surface area contributed by atoms with Gasteiger partial charge in [-0.1, -0.05) is 0 Å². The van der Waals surface area contributed by atoms with Crippen LogP contribution in [0.15, 0.2) is 182 Å². The topological polar surface area (TPSA) is 19.0 Å². The molecule has 0 saturated heterocycles. The van der Waals surface area contributed by atoms with Gasteiger partial charge in [-0.3, -0.25) is 0 Å². The van der Waals surface area contributed by atoms with E-state index in [0.29, 0.717) is 12.5 Å². The van der Waals surface area contributed by atoms with E-state index in [2.05, 4.69) is 206 Å². The van der Waals surface area contributed by atoms with Gasteiger partial charge in [0.15, 0.2) is 0 Å². The average molecular weight is 682 g/mol. The Balaban J connectivity index is 1.78. The minimum atomic E-state index is -4.60. The first-order valence-corrected chi connectivity index (χ1v) is 20.3. The van der Waals surface area contributed by atoms with Crippen LogP contribution in [0.2, 0.25) is 0 Å². The van der Waals surface area contributed by atoms with E-state index in [4.69, 9.17) is 3.32 Å². The summed E-state index contributed by atoms with van der Waals surface area (Å²) in [5, 5.41) is 0. The molecule has 248 valence electrons. The molecule has 1 unspecified atom stereocenters. The number of hydrogen-bond acceptors (Lipinski definition) is 4. The average Bonchev–Trinajstić information content (AvgIpc) is 3.18. The van der Waals surface area contributed by atoms with Crippen LogP contribution in [0, 0.1) is 5.92 Å². The molecule has 0 aliphatic carbocycles. The van der Waals surface area contributed by atoms with Gasteiger partial charge in [0.25, 0.3) is 0 Å². The Hall–Kier alpha value is -4.61. The fraction of sp³-hybridized carbons (Fsp3) is 0.182. The maximum absolute atomic E-state index is 8.06. The predicted molar refractivity (Wildman–Crippen MR) is 204 cm³/mol. The zero-order chi connectivity index (χ0) is 33.7. The van der Waals surface area contributed by atoms with Gasteiger partial charge in [0.1, 0.15) is 0 Å². The predicted octanol–water partition coefficient (Wildman–Crippen LogP) is 12.5. The zero-order valence-corrected chi connectivity index (χ0v) is 30.2.